The Labute approximate surface area is 192 Å². The number of hydrogen-bond donors (Lipinski definition) is 1. The van der Waals surface area contributed by atoms with E-state index >= 15 is 0 Å². The standard InChI is InChI=1S/C23H20F3N3O5/c1-13(2)33-19-10-15(21(30)28-18-9-4-14(12-27-18)22(31)32-3)11-20(29-19)34-17-7-5-16(6-8-17)23(24,25)26/h4-13H,1-3H3,(H,27,28,30). The molecule has 34 heavy (non-hydrogen) atoms. The SMILES string of the molecule is COC(=O)c1ccc(NC(=O)c2cc(Oc3ccc(C(F)(F)F)cc3)nc(OC(C)C)c2)nc1. The first-order chi connectivity index (χ1) is 16.0. The second kappa shape index (κ2) is 10.2. The summed E-state index contributed by atoms with van der Waals surface area (Å²) >= 11 is 0. The number of benzene rings is 1. The third-order valence-corrected chi connectivity index (χ3v) is 4.23. The number of hydrogen-bond acceptors (Lipinski definition) is 7. The first-order valence-corrected chi connectivity index (χ1v) is 9.94. The van der Waals surface area contributed by atoms with Crippen molar-refractivity contribution in [3.8, 4) is 17.5 Å². The van der Waals surface area contributed by atoms with Crippen LogP contribution < -0.4 is 14.8 Å². The maximum Gasteiger partial charge on any atom is 0.416 e. The predicted molar refractivity (Wildman–Crippen MR) is 115 cm³/mol. The molecule has 0 spiro atoms. The van der Waals surface area contributed by atoms with Gasteiger partial charge in [0.05, 0.1) is 29.9 Å². The van der Waals surface area contributed by atoms with Gasteiger partial charge in [0.1, 0.15) is 11.6 Å². The molecule has 3 rings (SSSR count). The van der Waals surface area contributed by atoms with E-state index in [9.17, 15) is 22.8 Å². The van der Waals surface area contributed by atoms with Gasteiger partial charge in [-0.1, -0.05) is 0 Å². The minimum atomic E-state index is -4.48. The molecule has 2 heterocycles. The molecule has 0 bridgehead atoms. The normalized spacial score (nSPS) is 11.1. The van der Waals surface area contributed by atoms with Crippen LogP contribution in [0, 0.1) is 0 Å². The number of methoxy groups -OCH3 is 1. The minimum absolute atomic E-state index is 0.0583. The molecule has 0 fully saturated rings. The summed E-state index contributed by atoms with van der Waals surface area (Å²) in [6, 6.07) is 9.60. The number of halogens is 3. The molecule has 0 radical (unpaired) electrons. The van der Waals surface area contributed by atoms with Gasteiger partial charge in [0.2, 0.25) is 11.8 Å². The van der Waals surface area contributed by atoms with E-state index in [0.717, 1.165) is 24.3 Å². The van der Waals surface area contributed by atoms with Crippen molar-refractivity contribution in [1.29, 1.82) is 0 Å². The summed E-state index contributed by atoms with van der Waals surface area (Å²) in [4.78, 5) is 32.4. The number of pyridine rings is 2. The van der Waals surface area contributed by atoms with Crippen molar-refractivity contribution in [1.82, 2.24) is 9.97 Å². The van der Waals surface area contributed by atoms with Gasteiger partial charge < -0.3 is 19.5 Å². The summed E-state index contributed by atoms with van der Waals surface area (Å²) in [5, 5.41) is 2.57. The van der Waals surface area contributed by atoms with Crippen LogP contribution in [0.2, 0.25) is 0 Å². The second-order valence-electron chi connectivity index (χ2n) is 7.20. The lowest BCUT2D eigenvalue weighted by Crippen LogP contribution is -2.15. The van der Waals surface area contributed by atoms with E-state index in [1.54, 1.807) is 13.8 Å². The van der Waals surface area contributed by atoms with Gasteiger partial charge in [-0.15, -0.1) is 0 Å². The summed E-state index contributed by atoms with van der Waals surface area (Å²) < 4.78 is 54.1. The number of nitrogens with zero attached hydrogens (tertiary/aromatic N) is 2. The first-order valence-electron chi connectivity index (χ1n) is 9.94. The molecule has 178 valence electrons. The minimum Gasteiger partial charge on any atom is -0.475 e. The topological polar surface area (TPSA) is 99.6 Å². The van der Waals surface area contributed by atoms with Crippen LogP contribution >= 0.6 is 0 Å². The molecule has 0 aliphatic carbocycles. The number of carbonyl (C=O) groups excluding carboxylic acids is 2. The molecule has 1 aromatic carbocycles. The molecular formula is C23H20F3N3O5. The number of amides is 1. The number of esters is 1. The average molecular weight is 475 g/mol. The van der Waals surface area contributed by atoms with Gasteiger partial charge in [0, 0.05) is 18.3 Å². The molecule has 0 unspecified atom stereocenters. The van der Waals surface area contributed by atoms with Gasteiger partial charge >= 0.3 is 12.1 Å². The van der Waals surface area contributed by atoms with Gasteiger partial charge in [-0.25, -0.2) is 9.78 Å². The van der Waals surface area contributed by atoms with Crippen LogP contribution in [0.3, 0.4) is 0 Å². The fourth-order valence-electron chi connectivity index (χ4n) is 2.69. The van der Waals surface area contributed by atoms with E-state index in [4.69, 9.17) is 9.47 Å². The maximum atomic E-state index is 12.8. The predicted octanol–water partition coefficient (Wildman–Crippen LogP) is 5.11. The van der Waals surface area contributed by atoms with Crippen molar-refractivity contribution in [2.24, 2.45) is 0 Å². The molecule has 3 aromatic rings. The molecule has 0 aliphatic heterocycles. The van der Waals surface area contributed by atoms with E-state index in [0.29, 0.717) is 0 Å². The van der Waals surface area contributed by atoms with Crippen LogP contribution in [-0.2, 0) is 10.9 Å². The smallest absolute Gasteiger partial charge is 0.416 e. The highest BCUT2D eigenvalue weighted by molar-refractivity contribution is 6.04. The zero-order chi connectivity index (χ0) is 24.9. The van der Waals surface area contributed by atoms with Crippen molar-refractivity contribution >= 4 is 17.7 Å². The Morgan fingerprint density at radius 2 is 1.65 bits per heavy atom. The highest BCUT2D eigenvalue weighted by Crippen LogP contribution is 2.31. The average Bonchev–Trinajstić information content (AvgIpc) is 2.78. The van der Waals surface area contributed by atoms with E-state index in [-0.39, 0.29) is 40.6 Å². The molecule has 0 saturated carbocycles. The summed E-state index contributed by atoms with van der Waals surface area (Å²) in [5.41, 5.74) is -0.508. The third-order valence-electron chi connectivity index (χ3n) is 4.23. The number of carbonyl (C=O) groups is 2. The summed E-state index contributed by atoms with van der Waals surface area (Å²) in [7, 11) is 1.24. The van der Waals surface area contributed by atoms with Crippen LogP contribution in [0.15, 0.2) is 54.7 Å². The Morgan fingerprint density at radius 1 is 0.971 bits per heavy atom. The second-order valence-corrected chi connectivity index (χ2v) is 7.20. The Kier molecular flexibility index (Phi) is 7.34. The Hall–Kier alpha value is -4.15. The zero-order valence-corrected chi connectivity index (χ0v) is 18.3. The lowest BCUT2D eigenvalue weighted by molar-refractivity contribution is -0.137. The van der Waals surface area contributed by atoms with Gasteiger partial charge in [0.15, 0.2) is 0 Å². The van der Waals surface area contributed by atoms with Crippen LogP contribution in [-0.4, -0.2) is 35.1 Å². The molecule has 1 amide bonds. The largest absolute Gasteiger partial charge is 0.475 e. The molecule has 8 nitrogen and oxygen atoms in total. The Bertz CT molecular complexity index is 1160. The van der Waals surface area contributed by atoms with E-state index in [2.05, 4.69) is 20.0 Å². The highest BCUT2D eigenvalue weighted by atomic mass is 19.4. The number of alkyl halides is 3. The first kappa shape index (κ1) is 24.5. The summed E-state index contributed by atoms with van der Waals surface area (Å²) in [6.45, 7) is 3.52. The summed E-state index contributed by atoms with van der Waals surface area (Å²) in [6.07, 6.45) is -3.49. The number of anilines is 1. The lowest BCUT2D eigenvalue weighted by Gasteiger charge is -2.13. The fraction of sp³-hybridized carbons (Fsp3) is 0.217. The van der Waals surface area contributed by atoms with Crippen LogP contribution in [0.1, 0.15) is 40.1 Å². The number of ether oxygens (including phenoxy) is 3. The van der Waals surface area contributed by atoms with Crippen LogP contribution in [0.25, 0.3) is 0 Å². The fourth-order valence-corrected chi connectivity index (χ4v) is 2.69. The lowest BCUT2D eigenvalue weighted by atomic mass is 10.2. The van der Waals surface area contributed by atoms with Crippen molar-refractivity contribution < 1.29 is 37.0 Å². The summed E-state index contributed by atoms with van der Waals surface area (Å²) in [5.74, 6) is -0.859. The third kappa shape index (κ3) is 6.44. The zero-order valence-electron chi connectivity index (χ0n) is 18.3. The number of nitrogens with one attached hydrogen (secondary N) is 1. The molecule has 11 heteroatoms. The van der Waals surface area contributed by atoms with Crippen molar-refractivity contribution in [3.63, 3.8) is 0 Å². The van der Waals surface area contributed by atoms with Gasteiger partial charge in [-0.2, -0.15) is 18.2 Å². The van der Waals surface area contributed by atoms with Crippen molar-refractivity contribution in [3.05, 3.63) is 71.4 Å². The number of aromatic nitrogens is 2. The van der Waals surface area contributed by atoms with Crippen LogP contribution in [0.4, 0.5) is 19.0 Å². The Balaban J connectivity index is 1.83. The van der Waals surface area contributed by atoms with E-state index in [1.165, 1.54) is 37.6 Å². The van der Waals surface area contributed by atoms with E-state index < -0.39 is 23.6 Å². The Morgan fingerprint density at radius 3 is 2.21 bits per heavy atom. The molecular weight excluding hydrogens is 455 g/mol. The van der Waals surface area contributed by atoms with Crippen molar-refractivity contribution in [2.75, 3.05) is 12.4 Å². The van der Waals surface area contributed by atoms with Crippen LogP contribution in [0.5, 0.6) is 17.5 Å². The maximum absolute atomic E-state index is 12.8. The highest BCUT2D eigenvalue weighted by Gasteiger charge is 2.30. The van der Waals surface area contributed by atoms with E-state index in [1.807, 2.05) is 0 Å². The number of rotatable bonds is 7. The van der Waals surface area contributed by atoms with Gasteiger partial charge in [0.25, 0.3) is 5.91 Å². The molecule has 0 saturated heterocycles. The monoisotopic (exact) mass is 475 g/mol. The van der Waals surface area contributed by atoms with Gasteiger partial charge in [-0.3, -0.25) is 4.79 Å². The quantitative estimate of drug-likeness (QED) is 0.474. The molecule has 0 atom stereocenters. The van der Waals surface area contributed by atoms with Gasteiger partial charge in [-0.05, 0) is 50.2 Å². The molecule has 1 N–H and O–H groups in total. The molecule has 2 aromatic heterocycles. The molecule has 0 aliphatic rings. The van der Waals surface area contributed by atoms with Crippen molar-refractivity contribution in [2.45, 2.75) is 26.1 Å².